The number of hydrogen-bond donors (Lipinski definition) is 1. The number of aryl methyl sites for hydroxylation is 1. The highest BCUT2D eigenvalue weighted by atomic mass is 16.3. The molecule has 3 aliphatic rings. The van der Waals surface area contributed by atoms with Gasteiger partial charge in [0.05, 0.1) is 18.2 Å². The molecule has 1 saturated carbocycles. The van der Waals surface area contributed by atoms with Gasteiger partial charge in [-0.05, 0) is 47.9 Å². The van der Waals surface area contributed by atoms with Crippen molar-refractivity contribution in [3.05, 3.63) is 59.7 Å². The molecule has 0 unspecified atom stereocenters. The second kappa shape index (κ2) is 7.49. The van der Waals surface area contributed by atoms with Crippen LogP contribution in [0.2, 0.25) is 0 Å². The van der Waals surface area contributed by atoms with Gasteiger partial charge in [0.25, 0.3) is 0 Å². The zero-order chi connectivity index (χ0) is 21.8. The van der Waals surface area contributed by atoms with Gasteiger partial charge in [-0.15, -0.1) is 0 Å². The lowest BCUT2D eigenvalue weighted by Crippen LogP contribution is -2.85. The average molecular weight is 419 g/mol. The third-order valence-electron chi connectivity index (χ3n) is 7.49. The van der Waals surface area contributed by atoms with Crippen molar-refractivity contribution in [2.45, 2.75) is 50.6 Å². The lowest BCUT2D eigenvalue weighted by atomic mass is 9.60. The fourth-order valence-electron chi connectivity index (χ4n) is 5.68. The van der Waals surface area contributed by atoms with Gasteiger partial charge in [0.1, 0.15) is 0 Å². The molecule has 2 atom stereocenters. The number of aliphatic hydroxyl groups excluding tert-OH is 1. The minimum Gasteiger partial charge on any atom is -0.394 e. The van der Waals surface area contributed by atoms with Gasteiger partial charge >= 0.3 is 0 Å². The number of carbonyl (C=O) groups is 2. The van der Waals surface area contributed by atoms with E-state index in [1.54, 1.807) is 11.8 Å². The van der Waals surface area contributed by atoms with Crippen molar-refractivity contribution in [3.8, 4) is 11.1 Å². The van der Waals surface area contributed by atoms with Crippen molar-refractivity contribution < 1.29 is 14.7 Å². The molecule has 2 saturated heterocycles. The minimum atomic E-state index is -0.380. The molecule has 0 radical (unpaired) electrons. The molecular weight excluding hydrogens is 388 g/mol. The Balaban J connectivity index is 1.44. The molecule has 2 aromatic rings. The van der Waals surface area contributed by atoms with Crippen LogP contribution in [0.15, 0.2) is 48.5 Å². The van der Waals surface area contributed by atoms with Crippen molar-refractivity contribution in [1.82, 2.24) is 9.80 Å². The number of rotatable bonds is 5. The topological polar surface area (TPSA) is 60.9 Å². The number of benzene rings is 2. The molecule has 5 rings (SSSR count). The van der Waals surface area contributed by atoms with Crippen LogP contribution < -0.4 is 0 Å². The molecule has 5 heteroatoms. The second-order valence-electron chi connectivity index (χ2n) is 9.55. The summed E-state index contributed by atoms with van der Waals surface area (Å²) in [5.74, 6) is 0.723. The van der Waals surface area contributed by atoms with Crippen molar-refractivity contribution in [2.75, 3.05) is 19.7 Å². The van der Waals surface area contributed by atoms with Crippen LogP contribution in [0.3, 0.4) is 0 Å². The summed E-state index contributed by atoms with van der Waals surface area (Å²) in [5, 5.41) is 10.2. The van der Waals surface area contributed by atoms with Gasteiger partial charge in [-0.25, -0.2) is 0 Å². The van der Waals surface area contributed by atoms with Gasteiger partial charge in [0, 0.05) is 32.4 Å². The standard InChI is InChI=1S/C26H30N2O3/c1-17-5-3-4-6-22(17)20-9-11-21(12-10-20)25-23(14-29)28(24(31)13-19-7-8-19)26(25)15-27(16-26)18(2)30/h3-6,9-12,19,23,25,29H,7-8,13-16H2,1-2H3/t23-,25+/m1/s1. The maximum Gasteiger partial charge on any atom is 0.223 e. The molecule has 1 aliphatic carbocycles. The van der Waals surface area contributed by atoms with E-state index in [0.29, 0.717) is 25.4 Å². The fraction of sp³-hybridized carbons (Fsp3) is 0.462. The van der Waals surface area contributed by atoms with Crippen LogP contribution in [0.1, 0.15) is 43.2 Å². The molecule has 162 valence electrons. The Morgan fingerprint density at radius 3 is 2.32 bits per heavy atom. The van der Waals surface area contributed by atoms with Crippen LogP contribution in [-0.4, -0.2) is 58.0 Å². The molecule has 31 heavy (non-hydrogen) atoms. The molecule has 1 N–H and O–H groups in total. The second-order valence-corrected chi connectivity index (χ2v) is 9.55. The van der Waals surface area contributed by atoms with E-state index in [9.17, 15) is 14.7 Å². The molecule has 2 heterocycles. The van der Waals surface area contributed by atoms with E-state index in [4.69, 9.17) is 0 Å². The summed E-state index contributed by atoms with van der Waals surface area (Å²) in [7, 11) is 0. The maximum absolute atomic E-state index is 13.1. The Kier molecular flexibility index (Phi) is 4.89. The van der Waals surface area contributed by atoms with Crippen LogP contribution in [0, 0.1) is 12.8 Å². The number of nitrogens with zero attached hydrogens (tertiary/aromatic N) is 2. The predicted molar refractivity (Wildman–Crippen MR) is 119 cm³/mol. The zero-order valence-corrected chi connectivity index (χ0v) is 18.3. The van der Waals surface area contributed by atoms with Crippen LogP contribution >= 0.6 is 0 Å². The Bertz CT molecular complexity index is 1010. The van der Waals surface area contributed by atoms with Crippen molar-refractivity contribution in [1.29, 1.82) is 0 Å². The fourth-order valence-corrected chi connectivity index (χ4v) is 5.68. The van der Waals surface area contributed by atoms with E-state index in [1.165, 1.54) is 11.1 Å². The van der Waals surface area contributed by atoms with Gasteiger partial charge in [-0.1, -0.05) is 48.5 Å². The first-order valence-electron chi connectivity index (χ1n) is 11.3. The van der Waals surface area contributed by atoms with Gasteiger partial charge < -0.3 is 14.9 Å². The van der Waals surface area contributed by atoms with E-state index >= 15 is 0 Å². The summed E-state index contributed by atoms with van der Waals surface area (Å²) in [6.45, 7) is 4.75. The van der Waals surface area contributed by atoms with Gasteiger partial charge in [-0.3, -0.25) is 9.59 Å². The summed E-state index contributed by atoms with van der Waals surface area (Å²) < 4.78 is 0. The summed E-state index contributed by atoms with van der Waals surface area (Å²) in [4.78, 5) is 28.7. The Hall–Kier alpha value is -2.66. The Morgan fingerprint density at radius 1 is 1.06 bits per heavy atom. The smallest absolute Gasteiger partial charge is 0.223 e. The highest BCUT2D eigenvalue weighted by Crippen LogP contribution is 2.54. The van der Waals surface area contributed by atoms with Crippen molar-refractivity contribution >= 4 is 11.8 Å². The molecule has 2 aliphatic heterocycles. The number of hydrogen-bond acceptors (Lipinski definition) is 3. The molecule has 0 aromatic heterocycles. The molecule has 2 aromatic carbocycles. The van der Waals surface area contributed by atoms with Crippen molar-refractivity contribution in [3.63, 3.8) is 0 Å². The number of likely N-dealkylation sites (tertiary alicyclic amines) is 2. The van der Waals surface area contributed by atoms with E-state index in [1.807, 2.05) is 17.0 Å². The third-order valence-corrected chi connectivity index (χ3v) is 7.49. The van der Waals surface area contributed by atoms with Gasteiger partial charge in [0.2, 0.25) is 11.8 Å². The largest absolute Gasteiger partial charge is 0.394 e. The molecule has 3 fully saturated rings. The molecule has 2 amide bonds. The SMILES string of the molecule is CC(=O)N1CC2(C1)[C@@H](c1ccc(-c3ccccc3C)cc1)[C@@H](CO)N2C(=O)CC1CC1. The highest BCUT2D eigenvalue weighted by molar-refractivity contribution is 5.82. The summed E-state index contributed by atoms with van der Waals surface area (Å²) >= 11 is 0. The Morgan fingerprint density at radius 2 is 1.74 bits per heavy atom. The van der Waals surface area contributed by atoms with Crippen LogP contribution in [0.25, 0.3) is 11.1 Å². The number of amides is 2. The lowest BCUT2D eigenvalue weighted by molar-refractivity contribution is -0.202. The van der Waals surface area contributed by atoms with E-state index in [2.05, 4.69) is 43.3 Å². The highest BCUT2D eigenvalue weighted by Gasteiger charge is 2.67. The number of aliphatic hydroxyl groups is 1. The zero-order valence-electron chi connectivity index (χ0n) is 18.3. The molecule has 1 spiro atoms. The summed E-state index contributed by atoms with van der Waals surface area (Å²) in [6, 6.07) is 16.7. The van der Waals surface area contributed by atoms with Crippen LogP contribution in [0.5, 0.6) is 0 Å². The van der Waals surface area contributed by atoms with Crippen LogP contribution in [0.4, 0.5) is 0 Å². The van der Waals surface area contributed by atoms with Crippen LogP contribution in [-0.2, 0) is 9.59 Å². The lowest BCUT2D eigenvalue weighted by Gasteiger charge is -2.70. The first kappa shape index (κ1) is 20.3. The monoisotopic (exact) mass is 418 g/mol. The number of carbonyl (C=O) groups excluding carboxylic acids is 2. The predicted octanol–water partition coefficient (Wildman–Crippen LogP) is 3.35. The van der Waals surface area contributed by atoms with E-state index in [-0.39, 0.29) is 35.9 Å². The van der Waals surface area contributed by atoms with E-state index in [0.717, 1.165) is 24.0 Å². The summed E-state index contributed by atoms with van der Waals surface area (Å²) in [6.07, 6.45) is 2.82. The Labute approximate surface area is 183 Å². The van der Waals surface area contributed by atoms with Crippen molar-refractivity contribution in [2.24, 2.45) is 5.92 Å². The molecular formula is C26H30N2O3. The summed E-state index contributed by atoms with van der Waals surface area (Å²) in [5.41, 5.74) is 4.36. The molecule has 5 nitrogen and oxygen atoms in total. The van der Waals surface area contributed by atoms with Gasteiger partial charge in [0.15, 0.2) is 0 Å². The first-order valence-corrected chi connectivity index (χ1v) is 11.3. The average Bonchev–Trinajstić information content (AvgIpc) is 3.51. The van der Waals surface area contributed by atoms with E-state index < -0.39 is 0 Å². The quantitative estimate of drug-likeness (QED) is 0.810. The van der Waals surface area contributed by atoms with Gasteiger partial charge in [-0.2, -0.15) is 0 Å². The normalized spacial score (nSPS) is 24.0. The molecule has 0 bridgehead atoms. The maximum atomic E-state index is 13.1. The minimum absolute atomic E-state index is 0.0429. The third kappa shape index (κ3) is 3.26. The first-order chi connectivity index (χ1) is 14.9.